The number of nitrogens with zero attached hydrogens (tertiary/aromatic N) is 1. The molecule has 0 spiro atoms. The van der Waals surface area contributed by atoms with Crippen molar-refractivity contribution in [2.24, 2.45) is 11.7 Å². The summed E-state index contributed by atoms with van der Waals surface area (Å²) in [7, 11) is 1.29. The molecule has 1 aliphatic rings. The lowest BCUT2D eigenvalue weighted by atomic mass is 9.92. The number of hydrogen-bond acceptors (Lipinski definition) is 5. The molecule has 1 aromatic carbocycles. The van der Waals surface area contributed by atoms with Crippen LogP contribution in [0, 0.1) is 17.6 Å². The van der Waals surface area contributed by atoms with Crippen LogP contribution < -0.4 is 15.8 Å². The number of pyridine rings is 1. The van der Waals surface area contributed by atoms with Crippen LogP contribution in [0.25, 0.3) is 0 Å². The van der Waals surface area contributed by atoms with Crippen molar-refractivity contribution in [3.63, 3.8) is 0 Å². The van der Waals surface area contributed by atoms with Gasteiger partial charge < -0.3 is 20.5 Å². The molecule has 7 nitrogen and oxygen atoms in total. The van der Waals surface area contributed by atoms with Crippen molar-refractivity contribution in [2.75, 3.05) is 12.4 Å². The van der Waals surface area contributed by atoms with Crippen molar-refractivity contribution >= 4 is 17.5 Å². The lowest BCUT2D eigenvalue weighted by Gasteiger charge is -2.22. The standard InChI is InChI=1S/C14H19N3O3.C7H6F2O/c1-8-6-11(20-14(8,2)3)13(19)17-9-4-5-16-10(7-9)12(15)18;1-10-6-4-2-3-5(8)7(6)9/h4-5,7-8,11H,6H2,1-3H3,(H2,15,18)(H,16,17,19);2-4H,1H3. The van der Waals surface area contributed by atoms with Crippen molar-refractivity contribution in [3.05, 3.63) is 53.9 Å². The second-order valence-electron chi connectivity index (χ2n) is 7.39. The first-order valence-electron chi connectivity index (χ1n) is 9.27. The molecule has 0 bridgehead atoms. The summed E-state index contributed by atoms with van der Waals surface area (Å²) in [6, 6.07) is 6.84. The predicted octanol–water partition coefficient (Wildman–Crippen LogP) is 3.30. The molecule has 3 rings (SSSR count). The number of hydrogen-bond donors (Lipinski definition) is 2. The molecule has 0 aliphatic carbocycles. The van der Waals surface area contributed by atoms with Crippen LogP contribution in [0.3, 0.4) is 0 Å². The van der Waals surface area contributed by atoms with Crippen molar-refractivity contribution < 1.29 is 27.8 Å². The molecule has 162 valence electrons. The predicted molar refractivity (Wildman–Crippen MR) is 107 cm³/mol. The molecule has 2 heterocycles. The number of amides is 2. The molecule has 2 unspecified atom stereocenters. The lowest BCUT2D eigenvalue weighted by molar-refractivity contribution is -0.130. The van der Waals surface area contributed by atoms with Crippen molar-refractivity contribution in [1.29, 1.82) is 0 Å². The highest BCUT2D eigenvalue weighted by molar-refractivity contribution is 5.96. The number of carbonyl (C=O) groups excluding carboxylic acids is 2. The maximum absolute atomic E-state index is 12.5. The number of nitrogens with one attached hydrogen (secondary N) is 1. The highest BCUT2D eigenvalue weighted by Gasteiger charge is 2.41. The molecule has 30 heavy (non-hydrogen) atoms. The normalized spacial score (nSPS) is 19.4. The molecule has 1 saturated heterocycles. The summed E-state index contributed by atoms with van der Waals surface area (Å²) in [6.45, 7) is 6.01. The maximum Gasteiger partial charge on any atom is 0.267 e. The summed E-state index contributed by atoms with van der Waals surface area (Å²) in [5, 5.41) is 2.73. The highest BCUT2D eigenvalue weighted by atomic mass is 19.2. The number of rotatable bonds is 4. The number of anilines is 1. The van der Waals surface area contributed by atoms with Gasteiger partial charge in [0.25, 0.3) is 11.8 Å². The third-order valence-corrected chi connectivity index (χ3v) is 4.91. The number of ether oxygens (including phenoxy) is 2. The Morgan fingerprint density at radius 3 is 2.53 bits per heavy atom. The van der Waals surface area contributed by atoms with Gasteiger partial charge in [-0.15, -0.1) is 0 Å². The highest BCUT2D eigenvalue weighted by Crippen LogP contribution is 2.35. The van der Waals surface area contributed by atoms with Crippen LogP contribution in [-0.4, -0.2) is 35.6 Å². The smallest absolute Gasteiger partial charge is 0.267 e. The van der Waals surface area contributed by atoms with E-state index in [0.29, 0.717) is 18.0 Å². The molecule has 1 aromatic heterocycles. The number of benzene rings is 1. The Morgan fingerprint density at radius 2 is 2.00 bits per heavy atom. The summed E-state index contributed by atoms with van der Waals surface area (Å²) in [6.07, 6.45) is 1.62. The second-order valence-corrected chi connectivity index (χ2v) is 7.39. The van der Waals surface area contributed by atoms with Crippen LogP contribution in [0.4, 0.5) is 14.5 Å². The van der Waals surface area contributed by atoms with Gasteiger partial charge >= 0.3 is 0 Å². The quantitative estimate of drug-likeness (QED) is 0.788. The summed E-state index contributed by atoms with van der Waals surface area (Å²) < 4.78 is 35.1. The Hall–Kier alpha value is -3.07. The van der Waals surface area contributed by atoms with E-state index in [1.807, 2.05) is 13.8 Å². The Balaban J connectivity index is 0.000000269. The molecule has 2 amide bonds. The molecular weight excluding hydrogens is 396 g/mol. The van der Waals surface area contributed by atoms with Gasteiger partial charge in [-0.1, -0.05) is 13.0 Å². The second kappa shape index (κ2) is 9.62. The molecule has 2 atom stereocenters. The summed E-state index contributed by atoms with van der Waals surface area (Å²) in [4.78, 5) is 27.0. The van der Waals surface area contributed by atoms with Gasteiger partial charge in [0.1, 0.15) is 11.8 Å². The number of halogens is 2. The SMILES string of the molecule is CC1CC(C(=O)Nc2ccnc(C(N)=O)c2)OC1(C)C.COc1cccc(F)c1F. The van der Waals surface area contributed by atoms with Gasteiger partial charge in [0, 0.05) is 11.9 Å². The van der Waals surface area contributed by atoms with Gasteiger partial charge in [0.05, 0.1) is 12.7 Å². The monoisotopic (exact) mass is 421 g/mol. The zero-order chi connectivity index (χ0) is 22.5. The molecule has 9 heteroatoms. The third kappa shape index (κ3) is 5.73. The van der Waals surface area contributed by atoms with E-state index in [0.717, 1.165) is 6.07 Å². The minimum Gasteiger partial charge on any atom is -0.494 e. The lowest BCUT2D eigenvalue weighted by Crippen LogP contribution is -2.31. The number of methoxy groups -OCH3 is 1. The van der Waals surface area contributed by atoms with Crippen LogP contribution in [0.1, 0.15) is 37.7 Å². The van der Waals surface area contributed by atoms with Gasteiger partial charge in [0.15, 0.2) is 11.6 Å². The van der Waals surface area contributed by atoms with Gasteiger partial charge in [-0.05, 0) is 50.5 Å². The molecule has 0 radical (unpaired) electrons. The zero-order valence-electron chi connectivity index (χ0n) is 17.2. The molecular formula is C21H25F2N3O4. The van der Waals surface area contributed by atoms with E-state index >= 15 is 0 Å². The van der Waals surface area contributed by atoms with Crippen LogP contribution in [0.2, 0.25) is 0 Å². The van der Waals surface area contributed by atoms with Gasteiger partial charge in [0.2, 0.25) is 5.82 Å². The average molecular weight is 421 g/mol. The Bertz CT molecular complexity index is 921. The minimum absolute atomic E-state index is 0.0694. The number of aromatic nitrogens is 1. The molecule has 2 aromatic rings. The van der Waals surface area contributed by atoms with Crippen LogP contribution in [0.15, 0.2) is 36.5 Å². The van der Waals surface area contributed by atoms with Crippen molar-refractivity contribution in [2.45, 2.75) is 38.9 Å². The van der Waals surface area contributed by atoms with E-state index in [-0.39, 0.29) is 23.0 Å². The van der Waals surface area contributed by atoms with E-state index in [2.05, 4.69) is 22.0 Å². The van der Waals surface area contributed by atoms with E-state index in [1.54, 1.807) is 6.07 Å². The average Bonchev–Trinajstić information content (AvgIpc) is 2.97. The molecule has 1 fully saturated rings. The Labute approximate surface area is 173 Å². The molecule has 1 aliphatic heterocycles. The largest absolute Gasteiger partial charge is 0.494 e. The van der Waals surface area contributed by atoms with Crippen molar-refractivity contribution in [3.8, 4) is 5.75 Å². The fourth-order valence-electron chi connectivity index (χ4n) is 2.80. The first-order valence-corrected chi connectivity index (χ1v) is 9.27. The Morgan fingerprint density at radius 1 is 1.30 bits per heavy atom. The van der Waals surface area contributed by atoms with Crippen LogP contribution in [0.5, 0.6) is 5.75 Å². The fourth-order valence-corrected chi connectivity index (χ4v) is 2.80. The first kappa shape index (κ1) is 23.2. The number of carbonyl (C=O) groups is 2. The van der Waals surface area contributed by atoms with Crippen LogP contribution >= 0.6 is 0 Å². The third-order valence-electron chi connectivity index (χ3n) is 4.91. The number of primary amides is 1. The van der Waals surface area contributed by atoms with Gasteiger partial charge in [-0.3, -0.25) is 14.6 Å². The maximum atomic E-state index is 12.5. The van der Waals surface area contributed by atoms with E-state index in [1.165, 1.54) is 31.5 Å². The summed E-state index contributed by atoms with van der Waals surface area (Å²) in [5.41, 5.74) is 5.44. The number of nitrogens with two attached hydrogens (primary N) is 1. The van der Waals surface area contributed by atoms with Crippen molar-refractivity contribution in [1.82, 2.24) is 4.98 Å². The van der Waals surface area contributed by atoms with E-state index in [9.17, 15) is 18.4 Å². The van der Waals surface area contributed by atoms with Gasteiger partial charge in [-0.25, -0.2) is 4.39 Å². The molecule has 0 saturated carbocycles. The van der Waals surface area contributed by atoms with Crippen LogP contribution in [-0.2, 0) is 9.53 Å². The zero-order valence-corrected chi connectivity index (χ0v) is 17.2. The topological polar surface area (TPSA) is 104 Å². The van der Waals surface area contributed by atoms with Gasteiger partial charge in [-0.2, -0.15) is 4.39 Å². The fraction of sp³-hybridized carbons (Fsp3) is 0.381. The van der Waals surface area contributed by atoms with E-state index in [4.69, 9.17) is 10.5 Å². The van der Waals surface area contributed by atoms with E-state index < -0.39 is 23.6 Å². The minimum atomic E-state index is -0.940. The Kier molecular flexibility index (Phi) is 7.44. The summed E-state index contributed by atoms with van der Waals surface area (Å²) >= 11 is 0. The first-order chi connectivity index (χ1) is 14.0. The molecule has 3 N–H and O–H groups in total. The summed E-state index contributed by atoms with van der Waals surface area (Å²) in [5.74, 6) is -2.45.